The van der Waals surface area contributed by atoms with Crippen molar-refractivity contribution in [3.63, 3.8) is 0 Å². The Kier molecular flexibility index (Phi) is 7.11. The Morgan fingerprint density at radius 3 is 2.45 bits per heavy atom. The van der Waals surface area contributed by atoms with E-state index < -0.39 is 0 Å². The summed E-state index contributed by atoms with van der Waals surface area (Å²) in [5.74, 6) is 0.351. The third-order valence-electron chi connectivity index (χ3n) is 5.96. The molecule has 7 heteroatoms. The SMILES string of the molecule is Cc1cc2oc(=O)cc(CNc3ccc(NC(=O)CN4CCOCC4)cc3)c2cc1C(C)C. The van der Waals surface area contributed by atoms with Crippen LogP contribution in [0.1, 0.15) is 36.5 Å². The number of nitrogens with zero attached hydrogens (tertiary/aromatic N) is 1. The van der Waals surface area contributed by atoms with Gasteiger partial charge in [0.05, 0.1) is 19.8 Å². The maximum absolute atomic E-state index is 12.3. The Labute approximate surface area is 193 Å². The van der Waals surface area contributed by atoms with Crippen LogP contribution in [0.5, 0.6) is 0 Å². The summed E-state index contributed by atoms with van der Waals surface area (Å²) in [4.78, 5) is 26.5. The minimum Gasteiger partial charge on any atom is -0.423 e. The van der Waals surface area contributed by atoms with E-state index in [1.54, 1.807) is 6.07 Å². The second-order valence-electron chi connectivity index (χ2n) is 8.82. The van der Waals surface area contributed by atoms with Gasteiger partial charge in [-0.25, -0.2) is 4.79 Å². The number of carbonyl (C=O) groups excluding carboxylic acids is 1. The van der Waals surface area contributed by atoms with Crippen molar-refractivity contribution >= 4 is 28.3 Å². The van der Waals surface area contributed by atoms with Crippen LogP contribution in [0.2, 0.25) is 0 Å². The first-order valence-corrected chi connectivity index (χ1v) is 11.4. The van der Waals surface area contributed by atoms with Crippen LogP contribution in [-0.4, -0.2) is 43.7 Å². The van der Waals surface area contributed by atoms with Gasteiger partial charge in [0, 0.05) is 42.5 Å². The van der Waals surface area contributed by atoms with Crippen LogP contribution < -0.4 is 16.3 Å². The molecule has 174 valence electrons. The van der Waals surface area contributed by atoms with Gasteiger partial charge >= 0.3 is 5.63 Å². The highest BCUT2D eigenvalue weighted by atomic mass is 16.5. The molecule has 2 aromatic carbocycles. The fraction of sp³-hybridized carbons (Fsp3) is 0.385. The number of fused-ring (bicyclic) bond motifs is 1. The van der Waals surface area contributed by atoms with Crippen LogP contribution in [-0.2, 0) is 16.1 Å². The van der Waals surface area contributed by atoms with E-state index in [9.17, 15) is 9.59 Å². The number of nitrogens with one attached hydrogen (secondary N) is 2. The lowest BCUT2D eigenvalue weighted by Gasteiger charge is -2.25. The average molecular weight is 450 g/mol. The summed E-state index contributed by atoms with van der Waals surface area (Å²) >= 11 is 0. The highest BCUT2D eigenvalue weighted by Gasteiger charge is 2.14. The molecular formula is C26H31N3O4. The highest BCUT2D eigenvalue weighted by molar-refractivity contribution is 5.92. The van der Waals surface area contributed by atoms with Crippen LogP contribution in [0.25, 0.3) is 11.0 Å². The van der Waals surface area contributed by atoms with Crippen molar-refractivity contribution in [2.75, 3.05) is 43.5 Å². The third kappa shape index (κ3) is 5.80. The number of ether oxygens (including phenoxy) is 1. The van der Waals surface area contributed by atoms with E-state index in [1.165, 1.54) is 5.56 Å². The first-order chi connectivity index (χ1) is 15.9. The van der Waals surface area contributed by atoms with Crippen molar-refractivity contribution in [1.29, 1.82) is 0 Å². The maximum Gasteiger partial charge on any atom is 0.336 e. The zero-order chi connectivity index (χ0) is 23.4. The summed E-state index contributed by atoms with van der Waals surface area (Å²) in [5.41, 5.74) is 5.17. The molecule has 4 rings (SSSR count). The largest absolute Gasteiger partial charge is 0.423 e. The van der Waals surface area contributed by atoms with Gasteiger partial charge in [-0.3, -0.25) is 9.69 Å². The molecule has 1 aromatic heterocycles. The lowest BCUT2D eigenvalue weighted by atomic mass is 9.95. The van der Waals surface area contributed by atoms with E-state index in [0.29, 0.717) is 37.8 Å². The summed E-state index contributed by atoms with van der Waals surface area (Å²) in [6, 6.07) is 13.2. The van der Waals surface area contributed by atoms with E-state index >= 15 is 0 Å². The molecule has 1 fully saturated rings. The quantitative estimate of drug-likeness (QED) is 0.528. The molecular weight excluding hydrogens is 418 g/mol. The number of amides is 1. The van der Waals surface area contributed by atoms with Gasteiger partial charge in [-0.05, 0) is 65.9 Å². The molecule has 7 nitrogen and oxygen atoms in total. The normalized spacial score (nSPS) is 14.5. The van der Waals surface area contributed by atoms with E-state index in [4.69, 9.17) is 9.15 Å². The number of anilines is 2. The van der Waals surface area contributed by atoms with Gasteiger partial charge in [0.15, 0.2) is 0 Å². The summed E-state index contributed by atoms with van der Waals surface area (Å²) in [5, 5.41) is 7.26. The maximum atomic E-state index is 12.3. The van der Waals surface area contributed by atoms with Gasteiger partial charge in [0.2, 0.25) is 5.91 Å². The summed E-state index contributed by atoms with van der Waals surface area (Å²) < 4.78 is 10.8. The molecule has 33 heavy (non-hydrogen) atoms. The number of hydrogen-bond donors (Lipinski definition) is 2. The third-order valence-corrected chi connectivity index (χ3v) is 5.96. The number of benzene rings is 2. The first-order valence-electron chi connectivity index (χ1n) is 11.4. The topological polar surface area (TPSA) is 83.8 Å². The Hall–Kier alpha value is -3.16. The van der Waals surface area contributed by atoms with Crippen LogP contribution in [0, 0.1) is 6.92 Å². The zero-order valence-corrected chi connectivity index (χ0v) is 19.4. The summed E-state index contributed by atoms with van der Waals surface area (Å²) in [7, 11) is 0. The first kappa shape index (κ1) is 23.0. The number of rotatable bonds is 7. The van der Waals surface area contributed by atoms with Crippen LogP contribution in [0.3, 0.4) is 0 Å². The number of hydrogen-bond acceptors (Lipinski definition) is 6. The Bertz CT molecular complexity index is 1180. The Morgan fingerprint density at radius 2 is 1.76 bits per heavy atom. The zero-order valence-electron chi connectivity index (χ0n) is 19.4. The molecule has 2 heterocycles. The predicted octanol–water partition coefficient (Wildman–Crippen LogP) is 4.11. The lowest BCUT2D eigenvalue weighted by molar-refractivity contribution is -0.118. The molecule has 0 saturated carbocycles. The van der Waals surface area contributed by atoms with E-state index in [0.717, 1.165) is 41.0 Å². The molecule has 0 bridgehead atoms. The molecule has 1 amide bonds. The van der Waals surface area contributed by atoms with Crippen molar-refractivity contribution in [3.05, 3.63) is 69.6 Å². The number of aryl methyl sites for hydroxylation is 1. The van der Waals surface area contributed by atoms with E-state index in [-0.39, 0.29) is 11.5 Å². The highest BCUT2D eigenvalue weighted by Crippen LogP contribution is 2.27. The van der Waals surface area contributed by atoms with Crippen molar-refractivity contribution in [1.82, 2.24) is 4.90 Å². The van der Waals surface area contributed by atoms with Crippen LogP contribution in [0.15, 0.2) is 51.7 Å². The fourth-order valence-corrected chi connectivity index (χ4v) is 4.19. The molecule has 1 aliphatic heterocycles. The monoisotopic (exact) mass is 449 g/mol. The number of morpholine rings is 1. The van der Waals surface area contributed by atoms with Crippen LogP contribution in [0.4, 0.5) is 11.4 Å². The fourth-order valence-electron chi connectivity index (χ4n) is 4.19. The molecule has 0 atom stereocenters. The predicted molar refractivity (Wildman–Crippen MR) is 131 cm³/mol. The summed E-state index contributed by atoms with van der Waals surface area (Å²) in [6.07, 6.45) is 0. The van der Waals surface area contributed by atoms with Gasteiger partial charge in [-0.15, -0.1) is 0 Å². The van der Waals surface area contributed by atoms with E-state index in [1.807, 2.05) is 37.3 Å². The van der Waals surface area contributed by atoms with Crippen molar-refractivity contribution < 1.29 is 13.9 Å². The van der Waals surface area contributed by atoms with Crippen molar-refractivity contribution in [2.24, 2.45) is 0 Å². The standard InChI is InChI=1S/C26H31N3O4/c1-17(2)22-14-23-19(13-26(31)33-24(23)12-18(22)3)15-27-20-4-6-21(7-5-20)28-25(30)16-29-8-10-32-11-9-29/h4-7,12-14,17,27H,8-11,15-16H2,1-3H3,(H,28,30). The van der Waals surface area contributed by atoms with Gasteiger partial charge in [0.25, 0.3) is 0 Å². The van der Waals surface area contributed by atoms with Gasteiger partial charge in [0.1, 0.15) is 5.58 Å². The molecule has 3 aromatic rings. The lowest BCUT2D eigenvalue weighted by Crippen LogP contribution is -2.41. The molecule has 0 spiro atoms. The van der Waals surface area contributed by atoms with Gasteiger partial charge in [-0.2, -0.15) is 0 Å². The summed E-state index contributed by atoms with van der Waals surface area (Å²) in [6.45, 7) is 10.1. The van der Waals surface area contributed by atoms with Crippen molar-refractivity contribution in [3.8, 4) is 0 Å². The molecule has 2 N–H and O–H groups in total. The molecule has 0 unspecified atom stereocenters. The molecule has 1 saturated heterocycles. The molecule has 1 aliphatic rings. The molecule has 0 aliphatic carbocycles. The van der Waals surface area contributed by atoms with Gasteiger partial charge in [-0.1, -0.05) is 13.8 Å². The minimum atomic E-state index is -0.352. The minimum absolute atomic E-state index is 0.0312. The second-order valence-corrected chi connectivity index (χ2v) is 8.82. The average Bonchev–Trinajstić information content (AvgIpc) is 2.78. The van der Waals surface area contributed by atoms with E-state index in [2.05, 4.69) is 35.4 Å². The molecule has 0 radical (unpaired) electrons. The van der Waals surface area contributed by atoms with Gasteiger partial charge < -0.3 is 19.8 Å². The smallest absolute Gasteiger partial charge is 0.336 e. The number of carbonyl (C=O) groups is 1. The van der Waals surface area contributed by atoms with Crippen molar-refractivity contribution in [2.45, 2.75) is 33.2 Å². The van der Waals surface area contributed by atoms with Crippen LogP contribution >= 0.6 is 0 Å². The Morgan fingerprint density at radius 1 is 1.06 bits per heavy atom. The second kappa shape index (κ2) is 10.2. The Balaban J connectivity index is 1.42.